The van der Waals surface area contributed by atoms with Crippen molar-refractivity contribution in [1.82, 2.24) is 19.5 Å². The minimum Gasteiger partial charge on any atom is -0.278 e. The molecule has 0 spiro atoms. The summed E-state index contributed by atoms with van der Waals surface area (Å²) in [7, 11) is 0. The largest absolute Gasteiger partial charge is 0.278 e. The number of benzene rings is 6. The highest BCUT2D eigenvalue weighted by molar-refractivity contribution is 6.36. The molecule has 4 nitrogen and oxygen atoms in total. The van der Waals surface area contributed by atoms with E-state index in [1.54, 1.807) is 0 Å². The van der Waals surface area contributed by atoms with E-state index in [0.29, 0.717) is 17.6 Å². The molecule has 0 bridgehead atoms. The van der Waals surface area contributed by atoms with Crippen LogP contribution in [-0.4, -0.2) is 19.5 Å². The number of fused-ring (bicyclic) bond motifs is 3. The van der Waals surface area contributed by atoms with Crippen molar-refractivity contribution < 1.29 is 0 Å². The summed E-state index contributed by atoms with van der Waals surface area (Å²) < 4.78 is 2.17. The third-order valence-electron chi connectivity index (χ3n) is 7.27. The molecule has 0 amide bonds. The van der Waals surface area contributed by atoms with Gasteiger partial charge in [0, 0.05) is 26.9 Å². The second kappa shape index (κ2) is 8.10. The third kappa shape index (κ3) is 3.07. The van der Waals surface area contributed by atoms with Gasteiger partial charge in [-0.25, -0.2) is 4.98 Å². The van der Waals surface area contributed by atoms with Crippen molar-refractivity contribution in [3.63, 3.8) is 0 Å². The van der Waals surface area contributed by atoms with Gasteiger partial charge in [0.05, 0.1) is 11.0 Å². The van der Waals surface area contributed by atoms with Crippen LogP contribution in [0.5, 0.6) is 0 Å². The Kier molecular flexibility index (Phi) is 4.54. The van der Waals surface area contributed by atoms with Gasteiger partial charge in [-0.15, -0.1) is 0 Å². The van der Waals surface area contributed by atoms with Gasteiger partial charge in [0.25, 0.3) is 0 Å². The highest BCUT2D eigenvalue weighted by Gasteiger charge is 2.22. The smallest absolute Gasteiger partial charge is 0.238 e. The molecule has 6 aromatic carbocycles. The van der Waals surface area contributed by atoms with E-state index >= 15 is 0 Å². The first-order chi connectivity index (χ1) is 18.8. The molecule has 8 aromatic rings. The Hall–Kier alpha value is -4.80. The standard InChI is InChI=1S/C33H19ClN4/c34-22-17-18-23-24-13-7-15-27-29(24)30-25(26(23)19-22)14-8-16-28(30)38(27)33-36-31(20-9-3-1-4-10-20)35-32(37-33)21-11-5-2-6-12-21/h1-19H. The molecule has 8 rings (SSSR count). The molecule has 0 fully saturated rings. The topological polar surface area (TPSA) is 43.6 Å². The average molecular weight is 507 g/mol. The van der Waals surface area contributed by atoms with Gasteiger partial charge >= 0.3 is 0 Å². The normalized spacial score (nSPS) is 11.8. The van der Waals surface area contributed by atoms with Crippen LogP contribution in [-0.2, 0) is 0 Å². The van der Waals surface area contributed by atoms with Crippen molar-refractivity contribution in [1.29, 1.82) is 0 Å². The zero-order chi connectivity index (χ0) is 25.2. The van der Waals surface area contributed by atoms with E-state index in [0.717, 1.165) is 32.6 Å². The number of hydrogen-bond donors (Lipinski definition) is 0. The van der Waals surface area contributed by atoms with Gasteiger partial charge in [-0.05, 0) is 45.8 Å². The van der Waals surface area contributed by atoms with Crippen LogP contribution >= 0.6 is 11.6 Å². The van der Waals surface area contributed by atoms with Crippen molar-refractivity contribution in [2.24, 2.45) is 0 Å². The first kappa shape index (κ1) is 21.3. The number of nitrogens with zero attached hydrogens (tertiary/aromatic N) is 4. The minimum atomic E-state index is 0.594. The first-order valence-corrected chi connectivity index (χ1v) is 12.9. The van der Waals surface area contributed by atoms with Gasteiger partial charge in [0.15, 0.2) is 11.6 Å². The Morgan fingerprint density at radius 3 is 1.61 bits per heavy atom. The van der Waals surface area contributed by atoms with Crippen LogP contribution in [0.4, 0.5) is 0 Å². The van der Waals surface area contributed by atoms with Gasteiger partial charge in [0.2, 0.25) is 5.95 Å². The molecule has 2 aromatic heterocycles. The molecule has 0 N–H and O–H groups in total. The zero-order valence-electron chi connectivity index (χ0n) is 20.1. The summed E-state index contributed by atoms with van der Waals surface area (Å²) in [6, 6.07) is 39.2. The maximum atomic E-state index is 6.46. The van der Waals surface area contributed by atoms with Crippen LogP contribution in [0.1, 0.15) is 0 Å². The molecular weight excluding hydrogens is 488 g/mol. The highest BCUT2D eigenvalue weighted by atomic mass is 35.5. The average Bonchev–Trinajstić information content (AvgIpc) is 3.32. The lowest BCUT2D eigenvalue weighted by Gasteiger charge is -2.10. The predicted molar refractivity (Wildman–Crippen MR) is 156 cm³/mol. The second-order valence-electron chi connectivity index (χ2n) is 9.44. The molecule has 0 atom stereocenters. The van der Waals surface area contributed by atoms with E-state index in [9.17, 15) is 0 Å². The van der Waals surface area contributed by atoms with Gasteiger partial charge < -0.3 is 0 Å². The fourth-order valence-electron chi connectivity index (χ4n) is 5.64. The predicted octanol–water partition coefficient (Wildman–Crippen LogP) is 8.70. The Morgan fingerprint density at radius 2 is 1.03 bits per heavy atom. The van der Waals surface area contributed by atoms with Crippen molar-refractivity contribution in [2.75, 3.05) is 0 Å². The monoisotopic (exact) mass is 506 g/mol. The van der Waals surface area contributed by atoms with Crippen LogP contribution in [0.25, 0.3) is 72.1 Å². The lowest BCUT2D eigenvalue weighted by molar-refractivity contribution is 0.954. The number of hydrogen-bond acceptors (Lipinski definition) is 3. The van der Waals surface area contributed by atoms with Crippen LogP contribution < -0.4 is 0 Å². The molecule has 0 unspecified atom stereocenters. The Morgan fingerprint density at radius 1 is 0.474 bits per heavy atom. The molecule has 38 heavy (non-hydrogen) atoms. The maximum absolute atomic E-state index is 6.46. The molecule has 0 saturated heterocycles. The van der Waals surface area contributed by atoms with E-state index in [4.69, 9.17) is 26.6 Å². The number of rotatable bonds is 3. The Labute approximate surface area is 223 Å². The Bertz CT molecular complexity index is 2080. The molecule has 0 saturated carbocycles. The number of aromatic nitrogens is 4. The summed E-state index contributed by atoms with van der Waals surface area (Å²) in [6.45, 7) is 0. The molecule has 0 aliphatic carbocycles. The number of halogens is 1. The lowest BCUT2D eigenvalue weighted by Crippen LogP contribution is -2.06. The van der Waals surface area contributed by atoms with Gasteiger partial charge in [-0.2, -0.15) is 9.97 Å². The molecule has 5 heteroatoms. The quantitative estimate of drug-likeness (QED) is 0.225. The Balaban J connectivity index is 1.52. The summed E-state index contributed by atoms with van der Waals surface area (Å²) >= 11 is 6.46. The summed E-state index contributed by atoms with van der Waals surface area (Å²) in [5, 5.41) is 7.81. The van der Waals surface area contributed by atoms with Crippen LogP contribution in [0.2, 0.25) is 5.02 Å². The van der Waals surface area contributed by atoms with E-state index in [-0.39, 0.29) is 0 Å². The molecule has 2 heterocycles. The van der Waals surface area contributed by atoms with Crippen molar-refractivity contribution in [2.45, 2.75) is 0 Å². The van der Waals surface area contributed by atoms with Gasteiger partial charge in [-0.1, -0.05) is 103 Å². The van der Waals surface area contributed by atoms with E-state index in [1.165, 1.54) is 26.9 Å². The molecule has 0 radical (unpaired) electrons. The van der Waals surface area contributed by atoms with Crippen LogP contribution in [0, 0.1) is 0 Å². The van der Waals surface area contributed by atoms with E-state index in [2.05, 4.69) is 53.1 Å². The lowest BCUT2D eigenvalue weighted by atomic mass is 9.94. The first-order valence-electron chi connectivity index (χ1n) is 12.5. The molecule has 0 aliphatic rings. The molecule has 178 valence electrons. The molecular formula is C33H19ClN4. The van der Waals surface area contributed by atoms with Crippen molar-refractivity contribution in [3.05, 3.63) is 120 Å². The summed E-state index contributed by atoms with van der Waals surface area (Å²) in [6.07, 6.45) is 0. The van der Waals surface area contributed by atoms with Crippen LogP contribution in [0.3, 0.4) is 0 Å². The minimum absolute atomic E-state index is 0.594. The summed E-state index contributed by atoms with van der Waals surface area (Å²) in [5.41, 5.74) is 4.01. The fraction of sp³-hybridized carbons (Fsp3) is 0. The summed E-state index contributed by atoms with van der Waals surface area (Å²) in [4.78, 5) is 15.0. The summed E-state index contributed by atoms with van der Waals surface area (Å²) in [5.74, 6) is 1.87. The molecule has 0 aliphatic heterocycles. The SMILES string of the molecule is Clc1ccc2c(c1)c1cccc3c1c1c2cccc1n3-c1nc(-c2ccccc2)nc(-c2ccccc2)n1. The van der Waals surface area contributed by atoms with E-state index in [1.807, 2.05) is 66.7 Å². The van der Waals surface area contributed by atoms with E-state index < -0.39 is 0 Å². The zero-order valence-corrected chi connectivity index (χ0v) is 20.9. The van der Waals surface area contributed by atoms with Crippen molar-refractivity contribution in [3.8, 4) is 28.7 Å². The van der Waals surface area contributed by atoms with Gasteiger partial charge in [-0.3, -0.25) is 4.57 Å². The third-order valence-corrected chi connectivity index (χ3v) is 7.50. The van der Waals surface area contributed by atoms with Crippen molar-refractivity contribution >= 4 is 55.0 Å². The fourth-order valence-corrected chi connectivity index (χ4v) is 5.82. The highest BCUT2D eigenvalue weighted by Crippen LogP contribution is 2.43. The van der Waals surface area contributed by atoms with Crippen LogP contribution in [0.15, 0.2) is 115 Å². The second-order valence-corrected chi connectivity index (χ2v) is 9.88. The maximum Gasteiger partial charge on any atom is 0.238 e. The van der Waals surface area contributed by atoms with Gasteiger partial charge in [0.1, 0.15) is 0 Å².